The smallest absolute Gasteiger partial charge is 0.123 e. The molecule has 5 nitrogen and oxygen atoms in total. The van der Waals surface area contributed by atoms with Crippen LogP contribution in [0.25, 0.3) is 0 Å². The molecule has 3 aliphatic heterocycles. The lowest BCUT2D eigenvalue weighted by atomic mass is 9.70. The van der Waals surface area contributed by atoms with Gasteiger partial charge in [0.25, 0.3) is 0 Å². The predicted molar refractivity (Wildman–Crippen MR) is 143 cm³/mol. The van der Waals surface area contributed by atoms with Gasteiger partial charge < -0.3 is 20.3 Å². The number of aliphatic hydroxyl groups excluding tert-OH is 1. The van der Waals surface area contributed by atoms with E-state index < -0.39 is 5.60 Å². The Kier molecular flexibility index (Phi) is 7.44. The predicted octanol–water partition coefficient (Wildman–Crippen LogP) is 4.28. The third-order valence-electron chi connectivity index (χ3n) is 8.27. The van der Waals surface area contributed by atoms with Crippen LogP contribution in [0.15, 0.2) is 78.9 Å². The molecule has 0 aromatic heterocycles. The Morgan fingerprint density at radius 2 is 1.58 bits per heavy atom. The van der Waals surface area contributed by atoms with E-state index in [-0.39, 0.29) is 12.5 Å². The number of benzene rings is 3. The van der Waals surface area contributed by atoms with Crippen molar-refractivity contribution in [1.82, 2.24) is 10.2 Å². The summed E-state index contributed by atoms with van der Waals surface area (Å²) in [5.41, 5.74) is 3.11. The third-order valence-corrected chi connectivity index (χ3v) is 8.27. The van der Waals surface area contributed by atoms with Crippen LogP contribution in [0, 0.1) is 5.92 Å². The highest BCUT2D eigenvalue weighted by Gasteiger charge is 2.46. The number of methoxy groups -OCH3 is 1. The Balaban J connectivity index is 1.48. The van der Waals surface area contributed by atoms with E-state index in [1.54, 1.807) is 14.0 Å². The van der Waals surface area contributed by atoms with Crippen LogP contribution in [-0.4, -0.2) is 54.0 Å². The molecule has 3 fully saturated rings. The summed E-state index contributed by atoms with van der Waals surface area (Å²) in [6, 6.07) is 28.2. The van der Waals surface area contributed by atoms with Crippen molar-refractivity contribution in [2.45, 2.75) is 49.9 Å². The van der Waals surface area contributed by atoms with Gasteiger partial charge >= 0.3 is 0 Å². The number of nitrogens with zero attached hydrogens (tertiary/aromatic N) is 1. The maximum absolute atomic E-state index is 10.6. The second-order valence-electron chi connectivity index (χ2n) is 10.5. The summed E-state index contributed by atoms with van der Waals surface area (Å²) in [6.07, 6.45) is 2.42. The van der Waals surface area contributed by atoms with Crippen LogP contribution in [-0.2, 0) is 12.1 Å². The molecule has 1 unspecified atom stereocenters. The summed E-state index contributed by atoms with van der Waals surface area (Å²) in [5.74, 6) is 1.68. The zero-order valence-corrected chi connectivity index (χ0v) is 21.3. The fraction of sp³-hybridized carbons (Fsp3) is 0.419. The number of ether oxygens (including phenoxy) is 1. The molecule has 3 aliphatic rings. The number of hydrogen-bond acceptors (Lipinski definition) is 5. The number of aliphatic hydroxyl groups is 2. The van der Waals surface area contributed by atoms with Gasteiger partial charge in [-0.15, -0.1) is 0 Å². The number of rotatable bonds is 9. The summed E-state index contributed by atoms with van der Waals surface area (Å²) >= 11 is 0. The number of hydrogen-bond donors (Lipinski definition) is 3. The van der Waals surface area contributed by atoms with E-state index in [4.69, 9.17) is 4.74 Å². The molecule has 0 amide bonds. The van der Waals surface area contributed by atoms with Crippen LogP contribution < -0.4 is 10.1 Å². The molecule has 3 saturated heterocycles. The minimum Gasteiger partial charge on any atom is -0.496 e. The van der Waals surface area contributed by atoms with Gasteiger partial charge in [0.15, 0.2) is 0 Å². The van der Waals surface area contributed by atoms with E-state index in [0.717, 1.165) is 24.4 Å². The van der Waals surface area contributed by atoms with Gasteiger partial charge in [0, 0.05) is 30.1 Å². The second-order valence-corrected chi connectivity index (χ2v) is 10.5. The first kappa shape index (κ1) is 25.0. The van der Waals surface area contributed by atoms with Gasteiger partial charge in [-0.25, -0.2) is 0 Å². The van der Waals surface area contributed by atoms with Crippen LogP contribution >= 0.6 is 0 Å². The third kappa shape index (κ3) is 4.94. The quantitative estimate of drug-likeness (QED) is 0.421. The van der Waals surface area contributed by atoms with Crippen molar-refractivity contribution >= 4 is 0 Å². The lowest BCUT2D eigenvalue weighted by molar-refractivity contribution is -0.00254. The Morgan fingerprint density at radius 3 is 2.14 bits per heavy atom. The highest BCUT2D eigenvalue weighted by Crippen LogP contribution is 2.42. The van der Waals surface area contributed by atoms with Crippen LogP contribution in [0.2, 0.25) is 0 Å². The molecule has 0 aliphatic carbocycles. The van der Waals surface area contributed by atoms with Gasteiger partial charge in [-0.3, -0.25) is 4.90 Å². The largest absolute Gasteiger partial charge is 0.496 e. The van der Waals surface area contributed by atoms with Crippen LogP contribution in [0.3, 0.4) is 0 Å². The van der Waals surface area contributed by atoms with Crippen molar-refractivity contribution in [1.29, 1.82) is 0 Å². The minimum absolute atomic E-state index is 0.274. The van der Waals surface area contributed by atoms with Gasteiger partial charge in [-0.2, -0.15) is 0 Å². The van der Waals surface area contributed by atoms with Gasteiger partial charge in [0.2, 0.25) is 0 Å². The number of nitrogens with one attached hydrogen (secondary N) is 1. The first-order chi connectivity index (χ1) is 17.5. The monoisotopic (exact) mass is 486 g/mol. The SMILES string of the molecule is COc1ccc(C(C)(O)CO)cc1CN[C@H]1C2CCN(CC2)[C@H]1C(c1ccccc1)c1ccccc1. The molecular formula is C31H38N2O3. The van der Waals surface area contributed by atoms with Crippen molar-refractivity contribution in [3.63, 3.8) is 0 Å². The average molecular weight is 487 g/mol. The maximum Gasteiger partial charge on any atom is 0.123 e. The van der Waals surface area contributed by atoms with Crippen molar-refractivity contribution < 1.29 is 14.9 Å². The molecule has 3 atom stereocenters. The molecule has 3 heterocycles. The van der Waals surface area contributed by atoms with Crippen molar-refractivity contribution in [3.05, 3.63) is 101 Å². The lowest BCUT2D eigenvalue weighted by Crippen LogP contribution is -2.64. The molecule has 3 aromatic carbocycles. The minimum atomic E-state index is -1.29. The first-order valence-corrected chi connectivity index (χ1v) is 13.1. The van der Waals surface area contributed by atoms with E-state index in [2.05, 4.69) is 70.9 Å². The molecule has 190 valence electrons. The highest BCUT2D eigenvalue weighted by molar-refractivity contribution is 5.40. The molecule has 6 rings (SSSR count). The summed E-state index contributed by atoms with van der Waals surface area (Å²) in [7, 11) is 1.68. The number of fused-ring (bicyclic) bond motifs is 3. The van der Waals surface area contributed by atoms with Crippen LogP contribution in [0.4, 0.5) is 0 Å². The molecule has 5 heteroatoms. The van der Waals surface area contributed by atoms with Crippen LogP contribution in [0.1, 0.15) is 47.9 Å². The van der Waals surface area contributed by atoms with E-state index in [9.17, 15) is 10.2 Å². The zero-order valence-electron chi connectivity index (χ0n) is 21.3. The fourth-order valence-corrected chi connectivity index (χ4v) is 6.27. The van der Waals surface area contributed by atoms with Gasteiger partial charge in [0.05, 0.1) is 13.7 Å². The van der Waals surface area contributed by atoms with Gasteiger partial charge in [-0.1, -0.05) is 66.7 Å². The van der Waals surface area contributed by atoms with Crippen molar-refractivity contribution in [2.24, 2.45) is 5.92 Å². The standard InChI is InChI=1S/C31H38N2O3/c1-31(35,21-34)26-13-14-27(36-2)25(19-26)20-32-29-24-15-17-33(18-16-24)30(29)28(22-9-5-3-6-10-22)23-11-7-4-8-12-23/h3-14,19,24,28-30,32,34-35H,15-18,20-21H2,1-2H3/t29-,30-,31?/m0/s1. The topological polar surface area (TPSA) is 65.0 Å². The lowest BCUT2D eigenvalue weighted by Gasteiger charge is -2.54. The molecule has 0 saturated carbocycles. The van der Waals surface area contributed by atoms with E-state index in [1.165, 1.54) is 24.0 Å². The van der Waals surface area contributed by atoms with Gasteiger partial charge in [0.1, 0.15) is 11.4 Å². The normalized spacial score (nSPS) is 25.0. The Bertz CT molecular complexity index is 1090. The summed E-state index contributed by atoms with van der Waals surface area (Å²) in [5, 5.41) is 24.3. The van der Waals surface area contributed by atoms with E-state index in [0.29, 0.717) is 30.1 Å². The molecule has 36 heavy (non-hydrogen) atoms. The zero-order chi connectivity index (χ0) is 25.1. The van der Waals surface area contributed by atoms with Crippen LogP contribution in [0.5, 0.6) is 5.75 Å². The fourth-order valence-electron chi connectivity index (χ4n) is 6.27. The Labute approximate surface area is 214 Å². The molecule has 0 radical (unpaired) electrons. The van der Waals surface area contributed by atoms with Gasteiger partial charge in [-0.05, 0) is 67.6 Å². The van der Waals surface area contributed by atoms with Crippen molar-refractivity contribution in [2.75, 3.05) is 26.8 Å². The second kappa shape index (κ2) is 10.7. The average Bonchev–Trinajstić information content (AvgIpc) is 2.94. The summed E-state index contributed by atoms with van der Waals surface area (Å²) < 4.78 is 5.67. The highest BCUT2D eigenvalue weighted by atomic mass is 16.5. The Morgan fingerprint density at radius 1 is 0.972 bits per heavy atom. The first-order valence-electron chi connectivity index (χ1n) is 13.1. The molecule has 2 bridgehead atoms. The van der Waals surface area contributed by atoms with Crippen molar-refractivity contribution in [3.8, 4) is 5.75 Å². The molecule has 3 N–H and O–H groups in total. The molecular weight excluding hydrogens is 448 g/mol. The maximum atomic E-state index is 10.6. The molecule has 3 aromatic rings. The Hall–Kier alpha value is -2.70. The number of piperidine rings is 3. The van der Waals surface area contributed by atoms with E-state index in [1.807, 2.05) is 18.2 Å². The summed E-state index contributed by atoms with van der Waals surface area (Å²) in [6.45, 7) is 4.23. The summed E-state index contributed by atoms with van der Waals surface area (Å²) in [4.78, 5) is 2.69. The molecule has 0 spiro atoms. The van der Waals surface area contributed by atoms with E-state index >= 15 is 0 Å².